The molecule has 0 saturated carbocycles. The van der Waals surface area contributed by atoms with Gasteiger partial charge >= 0.3 is 10.2 Å². The molecule has 0 radical (unpaired) electrons. The number of methoxy groups -OCH3 is 1. The highest BCUT2D eigenvalue weighted by Gasteiger charge is 2.29. The highest BCUT2D eigenvalue weighted by Crippen LogP contribution is 2.46. The van der Waals surface area contributed by atoms with E-state index in [1.54, 1.807) is 31.6 Å². The molecule has 1 N–H and O–H groups in total. The van der Waals surface area contributed by atoms with Crippen LogP contribution < -0.4 is 4.90 Å². The maximum Gasteiger partial charge on any atom is 0.308 e. The molecule has 1 atom stereocenters. The number of anilines is 2. The number of benzene rings is 1. The van der Waals surface area contributed by atoms with Gasteiger partial charge in [-0.2, -0.15) is 12.7 Å². The van der Waals surface area contributed by atoms with Gasteiger partial charge in [-0.15, -0.1) is 0 Å². The number of aliphatic hydroxyl groups is 1. The van der Waals surface area contributed by atoms with Crippen LogP contribution in [-0.2, 0) is 14.9 Å². The summed E-state index contributed by atoms with van der Waals surface area (Å²) in [6, 6.07) is 5.38. The first-order valence-electron chi connectivity index (χ1n) is 8.88. The van der Waals surface area contributed by atoms with Gasteiger partial charge in [-0.25, -0.2) is 18.9 Å². The molecule has 0 saturated heterocycles. The van der Waals surface area contributed by atoms with Crippen molar-refractivity contribution in [3.8, 4) is 0 Å². The average Bonchev–Trinajstić information content (AvgIpc) is 3.23. The van der Waals surface area contributed by atoms with Crippen molar-refractivity contribution in [2.24, 2.45) is 0 Å². The van der Waals surface area contributed by atoms with Crippen LogP contribution in [0.3, 0.4) is 0 Å². The normalized spacial score (nSPS) is 14.5. The highest BCUT2D eigenvalue weighted by atomic mass is 32.2. The molecule has 0 bridgehead atoms. The van der Waals surface area contributed by atoms with E-state index in [9.17, 15) is 13.5 Å². The van der Waals surface area contributed by atoms with Crippen LogP contribution in [0.15, 0.2) is 52.9 Å². The zero-order valence-electron chi connectivity index (χ0n) is 16.5. The third kappa shape index (κ3) is 3.46. The number of rotatable bonds is 6. The second-order valence-corrected chi connectivity index (χ2v) is 9.68. The Morgan fingerprint density at radius 2 is 1.97 bits per heavy atom. The Bertz CT molecular complexity index is 1180. The van der Waals surface area contributed by atoms with Crippen molar-refractivity contribution >= 4 is 33.5 Å². The van der Waals surface area contributed by atoms with Gasteiger partial charge in [0.1, 0.15) is 17.9 Å². The van der Waals surface area contributed by atoms with Gasteiger partial charge in [-0.05, 0) is 17.7 Å². The van der Waals surface area contributed by atoms with Gasteiger partial charge in [-0.3, -0.25) is 4.90 Å². The number of aliphatic hydroxyl groups excluding tert-OH is 1. The molecule has 1 unspecified atom stereocenters. The van der Waals surface area contributed by atoms with Crippen molar-refractivity contribution in [3.05, 3.63) is 54.4 Å². The fourth-order valence-electron chi connectivity index (χ4n) is 3.07. The van der Waals surface area contributed by atoms with Gasteiger partial charge in [0.25, 0.3) is 0 Å². The predicted octanol–water partition coefficient (Wildman–Crippen LogP) is 1.62. The van der Waals surface area contributed by atoms with Crippen LogP contribution in [0.1, 0.15) is 17.5 Å². The lowest BCUT2D eigenvalue weighted by atomic mass is 10.1. The van der Waals surface area contributed by atoms with Crippen molar-refractivity contribution in [3.63, 3.8) is 0 Å². The molecule has 0 fully saturated rings. The molecule has 0 amide bonds. The number of nitrogens with zero attached hydrogens (tertiary/aromatic N) is 6. The van der Waals surface area contributed by atoms with Gasteiger partial charge in [0.05, 0.1) is 5.69 Å². The van der Waals surface area contributed by atoms with E-state index in [-0.39, 0.29) is 12.6 Å². The van der Waals surface area contributed by atoms with Gasteiger partial charge in [-0.1, -0.05) is 17.8 Å². The van der Waals surface area contributed by atoms with E-state index in [4.69, 9.17) is 4.74 Å². The quantitative estimate of drug-likeness (QED) is 0.601. The minimum Gasteiger partial charge on any atom is -0.380 e. The zero-order valence-corrected chi connectivity index (χ0v) is 18.1. The fraction of sp³-hybridized carbons (Fsp3) is 0.278. The predicted molar refractivity (Wildman–Crippen MR) is 111 cm³/mol. The Kier molecular flexibility index (Phi) is 5.51. The molecule has 0 spiro atoms. The molecule has 4 rings (SSSR count). The summed E-state index contributed by atoms with van der Waals surface area (Å²) >= 11 is 1.47. The molecule has 1 aliphatic heterocycles. The summed E-state index contributed by atoms with van der Waals surface area (Å²) < 4.78 is 32.5. The number of aromatic nitrogens is 4. The molecule has 1 aromatic carbocycles. The van der Waals surface area contributed by atoms with Crippen molar-refractivity contribution in [2.45, 2.75) is 16.0 Å². The Labute approximate surface area is 178 Å². The lowest BCUT2D eigenvalue weighted by Crippen LogP contribution is -2.30. The fourth-order valence-corrected chi connectivity index (χ4v) is 5.00. The minimum atomic E-state index is -3.82. The molecule has 30 heavy (non-hydrogen) atoms. The molecular weight excluding hydrogens is 428 g/mol. The molecule has 10 nitrogen and oxygen atoms in total. The summed E-state index contributed by atoms with van der Waals surface area (Å²) in [5, 5.41) is 11.7. The minimum absolute atomic E-state index is 0.00518. The number of fused-ring (bicyclic) bond motifs is 2. The van der Waals surface area contributed by atoms with Gasteiger partial charge in [0.2, 0.25) is 0 Å². The zero-order chi connectivity index (χ0) is 21.5. The van der Waals surface area contributed by atoms with E-state index in [1.807, 2.05) is 11.0 Å². The third-order valence-electron chi connectivity index (χ3n) is 4.55. The molecule has 1 aliphatic rings. The summed E-state index contributed by atoms with van der Waals surface area (Å²) in [5.74, 6) is 0.658. The molecule has 0 aliphatic carbocycles. The Morgan fingerprint density at radius 1 is 1.20 bits per heavy atom. The van der Waals surface area contributed by atoms with Crippen LogP contribution in [0.2, 0.25) is 0 Å². The van der Waals surface area contributed by atoms with E-state index < -0.39 is 16.3 Å². The lowest BCUT2D eigenvalue weighted by molar-refractivity contribution is 0.203. The molecule has 3 heterocycles. The topological polar surface area (TPSA) is 114 Å². The molecule has 12 heteroatoms. The average molecular weight is 449 g/mol. The maximum absolute atomic E-state index is 12.6. The van der Waals surface area contributed by atoms with Crippen LogP contribution >= 0.6 is 11.8 Å². The summed E-state index contributed by atoms with van der Waals surface area (Å²) in [6.07, 6.45) is 4.64. The highest BCUT2D eigenvalue weighted by molar-refractivity contribution is 7.99. The van der Waals surface area contributed by atoms with Crippen LogP contribution in [0, 0.1) is 0 Å². The Morgan fingerprint density at radius 3 is 2.70 bits per heavy atom. The Hall–Kier alpha value is -2.51. The van der Waals surface area contributed by atoms with Crippen LogP contribution in [0.4, 0.5) is 11.5 Å². The van der Waals surface area contributed by atoms with Gasteiger partial charge < -0.3 is 9.84 Å². The first-order valence-corrected chi connectivity index (χ1v) is 11.1. The third-order valence-corrected chi connectivity index (χ3v) is 7.32. The first kappa shape index (κ1) is 20.8. The van der Waals surface area contributed by atoms with Crippen molar-refractivity contribution in [1.82, 2.24) is 23.2 Å². The van der Waals surface area contributed by atoms with Crippen molar-refractivity contribution in [2.75, 3.05) is 32.8 Å². The summed E-state index contributed by atoms with van der Waals surface area (Å²) in [7, 11) is 0.602. The van der Waals surface area contributed by atoms with Crippen molar-refractivity contribution < 1.29 is 18.3 Å². The number of hydrogen-bond donors (Lipinski definition) is 1. The second kappa shape index (κ2) is 7.96. The maximum atomic E-state index is 12.6. The van der Waals surface area contributed by atoms with Crippen molar-refractivity contribution in [1.29, 1.82) is 0 Å². The molecule has 2 aromatic heterocycles. The first-order chi connectivity index (χ1) is 14.3. The molecule has 3 aromatic rings. The number of ether oxygens (including phenoxy) is 1. The van der Waals surface area contributed by atoms with Crippen LogP contribution in [-0.4, -0.2) is 64.7 Å². The smallest absolute Gasteiger partial charge is 0.308 e. The standard InChI is InChI=1S/C18H20N6O4S2/c1-22(2)30(26,27)24-9-8-20-16(24)15(25)12-4-5-14-13(10-12)23(11-28-3)17-18(29-14)21-7-6-19-17/h4-10,15,25H,11H2,1-3H3. The summed E-state index contributed by atoms with van der Waals surface area (Å²) in [4.78, 5) is 15.6. The largest absolute Gasteiger partial charge is 0.380 e. The monoisotopic (exact) mass is 448 g/mol. The van der Waals surface area contributed by atoms with E-state index in [0.29, 0.717) is 11.4 Å². The van der Waals surface area contributed by atoms with Crippen LogP contribution in [0.5, 0.6) is 0 Å². The number of hydrogen-bond acceptors (Lipinski definition) is 9. The van der Waals surface area contributed by atoms with E-state index in [0.717, 1.165) is 23.9 Å². The van der Waals surface area contributed by atoms with Crippen LogP contribution in [0.25, 0.3) is 0 Å². The number of imidazole rings is 1. The molecular formula is C18H20N6O4S2. The summed E-state index contributed by atoms with van der Waals surface area (Å²) in [6.45, 7) is 0.239. The van der Waals surface area contributed by atoms with Gasteiger partial charge in [0, 0.05) is 50.9 Å². The summed E-state index contributed by atoms with van der Waals surface area (Å²) in [5.41, 5.74) is 1.27. The second-order valence-electron chi connectivity index (χ2n) is 6.63. The van der Waals surface area contributed by atoms with E-state index in [1.165, 1.54) is 38.3 Å². The SMILES string of the molecule is COCN1c2cc(C(O)c3nccn3S(=O)(=O)N(C)C)ccc2Sc2nccnc21. The van der Waals surface area contributed by atoms with E-state index >= 15 is 0 Å². The molecule has 158 valence electrons. The lowest BCUT2D eigenvalue weighted by Gasteiger charge is -2.30. The van der Waals surface area contributed by atoms with Gasteiger partial charge in [0.15, 0.2) is 11.6 Å². The Balaban J connectivity index is 1.76. The van der Waals surface area contributed by atoms with E-state index in [2.05, 4.69) is 15.0 Å².